The molecule has 1 aliphatic rings. The van der Waals surface area contributed by atoms with Crippen LogP contribution in [0.15, 0.2) is 54.6 Å². The highest BCUT2D eigenvalue weighted by atomic mass is 19.2. The van der Waals surface area contributed by atoms with Gasteiger partial charge in [0.15, 0.2) is 11.6 Å². The van der Waals surface area contributed by atoms with E-state index >= 15 is 0 Å². The van der Waals surface area contributed by atoms with Crippen molar-refractivity contribution in [3.8, 4) is 11.1 Å². The second kappa shape index (κ2) is 11.9. The Balaban J connectivity index is 1.47. The second-order valence-corrected chi connectivity index (χ2v) is 10.0. The summed E-state index contributed by atoms with van der Waals surface area (Å²) in [6.45, 7) is 1.01. The Hall–Kier alpha value is -4.48. The van der Waals surface area contributed by atoms with Gasteiger partial charge in [0.25, 0.3) is 5.91 Å². The number of esters is 1. The molecule has 0 fully saturated rings. The number of rotatable bonds is 9. The van der Waals surface area contributed by atoms with Crippen molar-refractivity contribution in [3.63, 3.8) is 0 Å². The van der Waals surface area contributed by atoms with Crippen molar-refractivity contribution in [2.45, 2.75) is 45.0 Å². The van der Waals surface area contributed by atoms with Crippen LogP contribution in [0.25, 0.3) is 22.0 Å². The number of nitrogen functional groups attached to an aromatic ring is 1. The molecular weight excluding hydrogens is 530 g/mol. The molecule has 0 spiro atoms. The van der Waals surface area contributed by atoms with Crippen LogP contribution in [0.1, 0.15) is 46.4 Å². The number of carbonyl (C=O) groups is 2. The van der Waals surface area contributed by atoms with Crippen molar-refractivity contribution < 1.29 is 23.1 Å². The summed E-state index contributed by atoms with van der Waals surface area (Å²) in [6.07, 6.45) is 1.78. The van der Waals surface area contributed by atoms with Gasteiger partial charge in [-0.2, -0.15) is 0 Å². The molecule has 0 saturated carbocycles. The number of anilines is 1. The molecule has 3 aromatic carbocycles. The van der Waals surface area contributed by atoms with Gasteiger partial charge >= 0.3 is 5.97 Å². The molecule has 1 aliphatic heterocycles. The molecule has 41 heavy (non-hydrogen) atoms. The predicted octanol–water partition coefficient (Wildman–Crippen LogP) is 3.81. The largest absolute Gasteiger partial charge is 0.460 e. The fourth-order valence-electron chi connectivity index (χ4n) is 4.96. The highest BCUT2D eigenvalue weighted by Gasteiger charge is 2.27. The molecule has 4 aromatic rings. The van der Waals surface area contributed by atoms with Gasteiger partial charge in [0.2, 0.25) is 5.95 Å². The van der Waals surface area contributed by atoms with Crippen molar-refractivity contribution >= 4 is 28.7 Å². The molecule has 11 heteroatoms. The van der Waals surface area contributed by atoms with Gasteiger partial charge in [0.05, 0.1) is 5.52 Å². The van der Waals surface area contributed by atoms with Crippen LogP contribution in [0.2, 0.25) is 0 Å². The van der Waals surface area contributed by atoms with Crippen molar-refractivity contribution in [2.75, 3.05) is 12.3 Å². The highest BCUT2D eigenvalue weighted by Crippen LogP contribution is 2.32. The van der Waals surface area contributed by atoms with Crippen LogP contribution in [0.5, 0.6) is 0 Å². The Kier molecular flexibility index (Phi) is 8.18. The minimum Gasteiger partial charge on any atom is -0.460 e. The lowest BCUT2D eigenvalue weighted by Crippen LogP contribution is -2.32. The van der Waals surface area contributed by atoms with Crippen LogP contribution in [0, 0.1) is 11.6 Å². The number of hydrogen-bond donors (Lipinski definition) is 3. The van der Waals surface area contributed by atoms with Crippen LogP contribution in [-0.2, 0) is 29.2 Å². The maximum Gasteiger partial charge on any atom is 0.323 e. The lowest BCUT2D eigenvalue weighted by molar-refractivity contribution is -0.146. The van der Waals surface area contributed by atoms with Crippen molar-refractivity contribution in [2.24, 2.45) is 11.5 Å². The van der Waals surface area contributed by atoms with Crippen LogP contribution >= 0.6 is 0 Å². The van der Waals surface area contributed by atoms with Gasteiger partial charge in [-0.25, -0.2) is 18.7 Å². The molecule has 1 unspecified atom stereocenters. The zero-order chi connectivity index (χ0) is 29.1. The summed E-state index contributed by atoms with van der Waals surface area (Å²) in [6, 6.07) is 13.8. The standard InChI is InChI=1S/C30H30F2N6O3/c31-23-12-20(16-41-29(40)25(34)7-3-4-10-33)21(13-24(23)32)17-8-9-26-22(11-17)27(37-30(35)36-26)28(39)38-14-18-5-1-2-6-19(18)15-38/h1-2,5-6,8-9,11-13,25H,3-4,7,10,14-16,33-34H2,(H2,35,36,37). The van der Waals surface area contributed by atoms with Crippen LogP contribution in [0.3, 0.4) is 0 Å². The number of unbranched alkanes of at least 4 members (excludes halogenated alkanes) is 1. The first-order valence-electron chi connectivity index (χ1n) is 13.3. The van der Waals surface area contributed by atoms with E-state index < -0.39 is 23.6 Å². The fraction of sp³-hybridized carbons (Fsp3) is 0.267. The third-order valence-electron chi connectivity index (χ3n) is 7.14. The summed E-state index contributed by atoms with van der Waals surface area (Å²) in [7, 11) is 0. The number of aromatic nitrogens is 2. The Labute approximate surface area is 235 Å². The normalized spacial score (nSPS) is 13.3. The third kappa shape index (κ3) is 6.01. The minimum atomic E-state index is -1.09. The monoisotopic (exact) mass is 560 g/mol. The van der Waals surface area contributed by atoms with E-state index in [2.05, 4.69) is 9.97 Å². The Morgan fingerprint density at radius 1 is 0.976 bits per heavy atom. The van der Waals surface area contributed by atoms with E-state index in [1.165, 1.54) is 0 Å². The number of nitrogens with two attached hydrogens (primary N) is 3. The lowest BCUT2D eigenvalue weighted by Gasteiger charge is -2.17. The first kappa shape index (κ1) is 28.1. The SMILES string of the molecule is NCCCCC(N)C(=O)OCc1cc(F)c(F)cc1-c1ccc2nc(N)nc(C(=O)N3Cc4ccccc4C3)c2c1. The fourth-order valence-corrected chi connectivity index (χ4v) is 4.96. The number of amides is 1. The lowest BCUT2D eigenvalue weighted by atomic mass is 9.97. The van der Waals surface area contributed by atoms with Crippen molar-refractivity contribution in [1.82, 2.24) is 14.9 Å². The summed E-state index contributed by atoms with van der Waals surface area (Å²) >= 11 is 0. The summed E-state index contributed by atoms with van der Waals surface area (Å²) in [5, 5.41) is 0.396. The Bertz CT molecular complexity index is 1600. The van der Waals surface area contributed by atoms with E-state index in [-0.39, 0.29) is 35.3 Å². The summed E-state index contributed by atoms with van der Waals surface area (Å²) < 4.78 is 34.1. The average molecular weight is 561 g/mol. The molecule has 1 atom stereocenters. The van der Waals surface area contributed by atoms with E-state index in [9.17, 15) is 18.4 Å². The molecule has 5 rings (SSSR count). The van der Waals surface area contributed by atoms with Crippen LogP contribution < -0.4 is 17.2 Å². The maximum absolute atomic E-state index is 14.4. The minimum absolute atomic E-state index is 0.0615. The van der Waals surface area contributed by atoms with Gasteiger partial charge in [-0.05, 0) is 65.9 Å². The zero-order valence-electron chi connectivity index (χ0n) is 22.3. The molecule has 0 radical (unpaired) electrons. The molecule has 2 heterocycles. The topological polar surface area (TPSA) is 150 Å². The smallest absolute Gasteiger partial charge is 0.323 e. The van der Waals surface area contributed by atoms with Gasteiger partial charge < -0.3 is 26.8 Å². The molecule has 0 saturated heterocycles. The molecule has 6 N–H and O–H groups in total. The number of carbonyl (C=O) groups excluding carboxylic acids is 2. The first-order chi connectivity index (χ1) is 19.7. The number of ether oxygens (including phenoxy) is 1. The molecule has 0 bridgehead atoms. The van der Waals surface area contributed by atoms with Gasteiger partial charge in [-0.1, -0.05) is 36.8 Å². The van der Waals surface area contributed by atoms with E-state index in [4.69, 9.17) is 21.9 Å². The predicted molar refractivity (Wildman–Crippen MR) is 150 cm³/mol. The molecule has 212 valence electrons. The average Bonchev–Trinajstić information content (AvgIpc) is 3.41. The first-order valence-corrected chi connectivity index (χ1v) is 13.3. The van der Waals surface area contributed by atoms with E-state index in [0.29, 0.717) is 48.9 Å². The molecule has 0 aliphatic carbocycles. The van der Waals surface area contributed by atoms with E-state index in [0.717, 1.165) is 29.7 Å². The second-order valence-electron chi connectivity index (χ2n) is 10.0. The quantitative estimate of drug-likeness (QED) is 0.207. The summed E-state index contributed by atoms with van der Waals surface area (Å²) in [5.74, 6) is -3.21. The molecule has 9 nitrogen and oxygen atoms in total. The third-order valence-corrected chi connectivity index (χ3v) is 7.14. The van der Waals surface area contributed by atoms with Crippen molar-refractivity contribution in [3.05, 3.63) is 88.6 Å². The zero-order valence-corrected chi connectivity index (χ0v) is 22.3. The van der Waals surface area contributed by atoms with Gasteiger partial charge in [-0.15, -0.1) is 0 Å². The molecular formula is C30H30F2N6O3. The number of fused-ring (bicyclic) bond motifs is 2. The van der Waals surface area contributed by atoms with Gasteiger partial charge in [-0.3, -0.25) is 9.59 Å². The van der Waals surface area contributed by atoms with Gasteiger partial charge in [0, 0.05) is 24.0 Å². The maximum atomic E-state index is 14.4. The van der Waals surface area contributed by atoms with Crippen LogP contribution in [-0.4, -0.2) is 39.3 Å². The molecule has 1 aromatic heterocycles. The number of nitrogens with zero attached hydrogens (tertiary/aromatic N) is 3. The van der Waals surface area contributed by atoms with E-state index in [1.54, 1.807) is 23.1 Å². The van der Waals surface area contributed by atoms with Crippen LogP contribution in [0.4, 0.5) is 14.7 Å². The summed E-state index contributed by atoms with van der Waals surface area (Å²) in [5.41, 5.74) is 20.9. The summed E-state index contributed by atoms with van der Waals surface area (Å²) in [4.78, 5) is 36.2. The highest BCUT2D eigenvalue weighted by molar-refractivity contribution is 6.06. The van der Waals surface area contributed by atoms with Gasteiger partial charge in [0.1, 0.15) is 18.3 Å². The Morgan fingerprint density at radius 2 is 1.68 bits per heavy atom. The van der Waals surface area contributed by atoms with Crippen molar-refractivity contribution in [1.29, 1.82) is 0 Å². The number of halogens is 2. The number of hydrogen-bond acceptors (Lipinski definition) is 8. The molecule has 1 amide bonds. The number of benzene rings is 3. The Morgan fingerprint density at radius 3 is 2.39 bits per heavy atom. The van der Waals surface area contributed by atoms with E-state index in [1.807, 2.05) is 24.3 Å².